The average Bonchev–Trinajstić information content (AvgIpc) is 3.02. The second kappa shape index (κ2) is 10.00. The Balaban J connectivity index is 1.75. The molecule has 12 heteroatoms. The molecule has 0 saturated heterocycles. The summed E-state index contributed by atoms with van der Waals surface area (Å²) in [7, 11) is 0. The zero-order chi connectivity index (χ0) is 25.1. The summed E-state index contributed by atoms with van der Waals surface area (Å²) in [6, 6.07) is 0. The quantitative estimate of drug-likeness (QED) is 0.501. The molecule has 1 saturated carbocycles. The molecule has 12 nitrogen and oxygen atoms in total. The van der Waals surface area contributed by atoms with Gasteiger partial charge in [-0.2, -0.15) is 0 Å². The van der Waals surface area contributed by atoms with Crippen molar-refractivity contribution >= 4 is 29.3 Å². The number of hydrogen-bond donors (Lipinski definition) is 1. The maximum atomic E-state index is 11.9. The number of hydrogen-bond acceptors (Lipinski definition) is 11. The molecule has 1 radical (unpaired) electrons. The van der Waals surface area contributed by atoms with Crippen LogP contribution in [-0.4, -0.2) is 62.9 Å². The monoisotopic (exact) mass is 478 g/mol. The van der Waals surface area contributed by atoms with Crippen LogP contribution in [-0.2, 0) is 30.2 Å². The fourth-order valence-electron chi connectivity index (χ4n) is 3.54. The van der Waals surface area contributed by atoms with E-state index in [-0.39, 0.29) is 42.8 Å². The van der Waals surface area contributed by atoms with E-state index < -0.39 is 17.9 Å². The van der Waals surface area contributed by atoms with Gasteiger partial charge in [0.15, 0.2) is 17.6 Å². The number of nitrogen functional groups attached to an aromatic ring is 1. The van der Waals surface area contributed by atoms with Crippen LogP contribution in [0.3, 0.4) is 0 Å². The van der Waals surface area contributed by atoms with Crippen LogP contribution in [0.1, 0.15) is 48.0 Å². The summed E-state index contributed by atoms with van der Waals surface area (Å²) in [6.07, 6.45) is 1.56. The molecule has 0 bridgehead atoms. The molecular formula is C22H32N5O7. The highest BCUT2D eigenvalue weighted by Gasteiger charge is 2.64. The third-order valence-corrected chi connectivity index (χ3v) is 5.40. The molecule has 0 aliphatic heterocycles. The first-order chi connectivity index (χ1) is 15.9. The Morgan fingerprint density at radius 2 is 1.59 bits per heavy atom. The highest BCUT2D eigenvalue weighted by molar-refractivity contribution is 5.81. The fraction of sp³-hybridized carbons (Fsp3) is 0.636. The molecule has 2 aromatic rings. The van der Waals surface area contributed by atoms with Crippen molar-refractivity contribution in [2.45, 2.75) is 72.3 Å². The molecule has 0 spiro atoms. The van der Waals surface area contributed by atoms with Gasteiger partial charge in [0, 0.05) is 0 Å². The number of aromatic nitrogens is 4. The van der Waals surface area contributed by atoms with E-state index in [0.717, 1.165) is 0 Å². The Kier molecular flexibility index (Phi) is 7.49. The topological polar surface area (TPSA) is 150 Å². The Labute approximate surface area is 198 Å². The van der Waals surface area contributed by atoms with E-state index in [2.05, 4.69) is 28.8 Å². The predicted molar refractivity (Wildman–Crippen MR) is 120 cm³/mol. The van der Waals surface area contributed by atoms with Crippen LogP contribution in [0, 0.1) is 11.5 Å². The first-order valence-corrected chi connectivity index (χ1v) is 11.0. The zero-order valence-electron chi connectivity index (χ0n) is 20.4. The Morgan fingerprint density at radius 1 is 1.03 bits per heavy atom. The standard InChI is InChI=1S/C22H32N5O7/c1-13(2)32-19(28)30-7-15(8-31-20(29)33-14(3)4)34-22(9-21(22,5)6)10-27-12-26-16-17(23)24-11-25-18(16)27/h11-14H,7-10H2,1-6H3,(H2,23,24,25). The lowest BCUT2D eigenvalue weighted by Gasteiger charge is -2.27. The predicted octanol–water partition coefficient (Wildman–Crippen LogP) is 3.25. The van der Waals surface area contributed by atoms with Gasteiger partial charge in [0.2, 0.25) is 0 Å². The van der Waals surface area contributed by atoms with Gasteiger partial charge in [-0.25, -0.2) is 24.5 Å². The van der Waals surface area contributed by atoms with E-state index in [1.165, 1.54) is 6.33 Å². The van der Waals surface area contributed by atoms with Gasteiger partial charge in [-0.3, -0.25) is 0 Å². The molecule has 34 heavy (non-hydrogen) atoms. The largest absolute Gasteiger partial charge is 0.508 e. The molecule has 1 aliphatic rings. The number of nitrogens with zero attached hydrogens (tertiary/aromatic N) is 4. The summed E-state index contributed by atoms with van der Waals surface area (Å²) < 4.78 is 28.6. The number of ether oxygens (including phenoxy) is 5. The molecule has 187 valence electrons. The molecule has 2 aromatic heterocycles. The lowest BCUT2D eigenvalue weighted by molar-refractivity contribution is -0.0566. The summed E-state index contributed by atoms with van der Waals surface area (Å²) in [5.74, 6) is 0.287. The Hall–Kier alpha value is -3.15. The summed E-state index contributed by atoms with van der Waals surface area (Å²) in [4.78, 5) is 36.4. The molecular weight excluding hydrogens is 446 g/mol. The maximum Gasteiger partial charge on any atom is 0.508 e. The second-order valence-electron chi connectivity index (χ2n) is 9.41. The van der Waals surface area contributed by atoms with Gasteiger partial charge < -0.3 is 34.0 Å². The van der Waals surface area contributed by atoms with Crippen molar-refractivity contribution in [2.75, 3.05) is 18.9 Å². The number of imidazole rings is 1. The van der Waals surface area contributed by atoms with Crippen molar-refractivity contribution in [2.24, 2.45) is 5.41 Å². The van der Waals surface area contributed by atoms with E-state index in [1.54, 1.807) is 34.0 Å². The summed E-state index contributed by atoms with van der Waals surface area (Å²) in [5, 5.41) is 0. The van der Waals surface area contributed by atoms with Gasteiger partial charge >= 0.3 is 12.3 Å². The van der Waals surface area contributed by atoms with E-state index in [0.29, 0.717) is 24.1 Å². The zero-order valence-corrected chi connectivity index (χ0v) is 20.4. The molecule has 1 fully saturated rings. The van der Waals surface area contributed by atoms with Gasteiger partial charge in [-0.15, -0.1) is 0 Å². The van der Waals surface area contributed by atoms with Gasteiger partial charge in [-0.1, -0.05) is 13.8 Å². The normalized spacial score (nSPS) is 19.0. The Morgan fingerprint density at radius 3 is 2.09 bits per heavy atom. The summed E-state index contributed by atoms with van der Waals surface area (Å²) in [6.45, 7) is 10.8. The number of carbonyl (C=O) groups is 2. The summed E-state index contributed by atoms with van der Waals surface area (Å²) in [5.41, 5.74) is 6.06. The number of anilines is 1. The minimum absolute atomic E-state index is 0.232. The third kappa shape index (κ3) is 6.04. The van der Waals surface area contributed by atoms with Crippen LogP contribution in [0.15, 0.2) is 12.7 Å². The molecule has 0 aromatic carbocycles. The average molecular weight is 479 g/mol. The maximum absolute atomic E-state index is 11.9. The van der Waals surface area contributed by atoms with Crippen LogP contribution < -0.4 is 5.73 Å². The van der Waals surface area contributed by atoms with Crippen molar-refractivity contribution in [3.05, 3.63) is 18.8 Å². The molecule has 1 aliphatic carbocycles. The SMILES string of the molecule is CC(C)OC(=O)OC[C](COC(=O)OC(C)C)OC1(Cn2cnc3c(N)ncnc32)CC1(C)C. The fourth-order valence-corrected chi connectivity index (χ4v) is 3.54. The highest BCUT2D eigenvalue weighted by atomic mass is 16.7. The third-order valence-electron chi connectivity index (χ3n) is 5.40. The van der Waals surface area contributed by atoms with Crippen LogP contribution in [0.5, 0.6) is 0 Å². The van der Waals surface area contributed by atoms with Crippen molar-refractivity contribution in [3.8, 4) is 0 Å². The van der Waals surface area contributed by atoms with Crippen molar-refractivity contribution < 1.29 is 33.3 Å². The number of fused-ring (bicyclic) bond motifs is 1. The minimum atomic E-state index is -0.849. The second-order valence-corrected chi connectivity index (χ2v) is 9.41. The molecule has 0 amide bonds. The molecule has 1 atom stereocenters. The smallest absolute Gasteiger partial charge is 0.432 e. The van der Waals surface area contributed by atoms with Crippen molar-refractivity contribution in [1.29, 1.82) is 0 Å². The van der Waals surface area contributed by atoms with E-state index >= 15 is 0 Å². The highest BCUT2D eigenvalue weighted by Crippen LogP contribution is 2.60. The van der Waals surface area contributed by atoms with E-state index in [1.807, 2.05) is 4.57 Å². The number of carbonyl (C=O) groups excluding carboxylic acids is 2. The van der Waals surface area contributed by atoms with Crippen LogP contribution >= 0.6 is 0 Å². The van der Waals surface area contributed by atoms with Crippen LogP contribution in [0.2, 0.25) is 0 Å². The summed E-state index contributed by atoms with van der Waals surface area (Å²) >= 11 is 0. The van der Waals surface area contributed by atoms with Crippen LogP contribution in [0.25, 0.3) is 11.2 Å². The van der Waals surface area contributed by atoms with Crippen LogP contribution in [0.4, 0.5) is 15.4 Å². The minimum Gasteiger partial charge on any atom is -0.432 e. The first-order valence-electron chi connectivity index (χ1n) is 11.0. The lowest BCUT2D eigenvalue weighted by Crippen LogP contribution is -2.33. The number of rotatable bonds is 10. The molecule has 2 heterocycles. The lowest BCUT2D eigenvalue weighted by atomic mass is 10.1. The first kappa shape index (κ1) is 25.5. The van der Waals surface area contributed by atoms with Gasteiger partial charge in [0.25, 0.3) is 0 Å². The number of nitrogens with two attached hydrogens (primary N) is 1. The van der Waals surface area contributed by atoms with Crippen molar-refractivity contribution in [1.82, 2.24) is 19.5 Å². The van der Waals surface area contributed by atoms with Gasteiger partial charge in [-0.05, 0) is 39.5 Å². The van der Waals surface area contributed by atoms with E-state index in [9.17, 15) is 9.59 Å². The van der Waals surface area contributed by atoms with Gasteiger partial charge in [0.1, 0.15) is 25.1 Å². The molecule has 1 unspecified atom stereocenters. The van der Waals surface area contributed by atoms with E-state index in [4.69, 9.17) is 29.4 Å². The van der Waals surface area contributed by atoms with Gasteiger partial charge in [0.05, 0.1) is 30.7 Å². The Bertz CT molecular complexity index is 996. The molecule has 3 rings (SSSR count). The molecule has 2 N–H and O–H groups in total. The van der Waals surface area contributed by atoms with Crippen molar-refractivity contribution in [3.63, 3.8) is 0 Å².